The van der Waals surface area contributed by atoms with E-state index in [1.165, 1.54) is 0 Å². The van der Waals surface area contributed by atoms with Gasteiger partial charge in [-0.15, -0.1) is 0 Å². The Morgan fingerprint density at radius 1 is 1.33 bits per heavy atom. The molecule has 0 aliphatic rings. The van der Waals surface area contributed by atoms with Gasteiger partial charge in [-0.2, -0.15) is 0 Å². The molecule has 1 aromatic heterocycles. The number of nitrogens with one attached hydrogen (secondary N) is 2. The Morgan fingerprint density at radius 3 is 2.48 bits per heavy atom. The molecule has 1 aromatic carbocycles. The molecule has 21 heavy (non-hydrogen) atoms. The molecular formula is C16H22N4O. The van der Waals surface area contributed by atoms with Crippen LogP contribution in [-0.2, 0) is 0 Å². The monoisotopic (exact) mass is 286 g/mol. The standard InChI is InChI=1S/C16H22N4O/c1-5-14(15-17-10-11(2)18-15)19-16(21)12-6-8-13(9-7-12)20(3)4/h6-10,14H,5H2,1-4H3,(H,17,18)(H,19,21)/t14-/m1/s1. The number of anilines is 1. The summed E-state index contributed by atoms with van der Waals surface area (Å²) >= 11 is 0. The third-order valence-corrected chi connectivity index (χ3v) is 3.41. The van der Waals surface area contributed by atoms with Crippen molar-refractivity contribution in [3.63, 3.8) is 0 Å². The maximum atomic E-state index is 12.3. The lowest BCUT2D eigenvalue weighted by molar-refractivity contribution is 0.0934. The summed E-state index contributed by atoms with van der Waals surface area (Å²) in [6, 6.07) is 7.45. The SMILES string of the molecule is CC[C@@H](NC(=O)c1ccc(N(C)C)cc1)c1ncc(C)[nH]1. The molecule has 2 rings (SSSR count). The highest BCUT2D eigenvalue weighted by Crippen LogP contribution is 2.16. The van der Waals surface area contributed by atoms with Crippen LogP contribution in [0, 0.1) is 6.92 Å². The predicted molar refractivity (Wildman–Crippen MR) is 84.6 cm³/mol. The molecule has 1 atom stereocenters. The van der Waals surface area contributed by atoms with Crippen LogP contribution in [0.3, 0.4) is 0 Å². The van der Waals surface area contributed by atoms with Crippen LogP contribution in [0.5, 0.6) is 0 Å². The number of imidazole rings is 1. The molecule has 5 heteroatoms. The van der Waals surface area contributed by atoms with E-state index in [1.54, 1.807) is 6.20 Å². The number of nitrogens with zero attached hydrogens (tertiary/aromatic N) is 2. The van der Waals surface area contributed by atoms with E-state index in [2.05, 4.69) is 15.3 Å². The molecule has 0 radical (unpaired) electrons. The second-order valence-corrected chi connectivity index (χ2v) is 5.33. The average molecular weight is 286 g/mol. The first-order valence-corrected chi connectivity index (χ1v) is 7.11. The summed E-state index contributed by atoms with van der Waals surface area (Å²) < 4.78 is 0. The van der Waals surface area contributed by atoms with Crippen molar-refractivity contribution in [3.8, 4) is 0 Å². The van der Waals surface area contributed by atoms with Crippen LogP contribution in [-0.4, -0.2) is 30.0 Å². The Balaban J connectivity index is 2.09. The Hall–Kier alpha value is -2.30. The third-order valence-electron chi connectivity index (χ3n) is 3.41. The lowest BCUT2D eigenvalue weighted by atomic mass is 10.1. The third kappa shape index (κ3) is 3.62. The van der Waals surface area contributed by atoms with E-state index in [0.717, 1.165) is 23.6 Å². The van der Waals surface area contributed by atoms with E-state index < -0.39 is 0 Å². The molecule has 0 spiro atoms. The fourth-order valence-corrected chi connectivity index (χ4v) is 2.13. The van der Waals surface area contributed by atoms with Gasteiger partial charge < -0.3 is 15.2 Å². The zero-order valence-electron chi connectivity index (χ0n) is 13.0. The van der Waals surface area contributed by atoms with Gasteiger partial charge in [-0.1, -0.05) is 6.92 Å². The summed E-state index contributed by atoms with van der Waals surface area (Å²) in [7, 11) is 3.95. The highest BCUT2D eigenvalue weighted by molar-refractivity contribution is 5.94. The fraction of sp³-hybridized carbons (Fsp3) is 0.375. The van der Waals surface area contributed by atoms with Crippen molar-refractivity contribution in [2.45, 2.75) is 26.3 Å². The van der Waals surface area contributed by atoms with Crippen LogP contribution in [0.15, 0.2) is 30.5 Å². The van der Waals surface area contributed by atoms with Gasteiger partial charge in [-0.3, -0.25) is 4.79 Å². The van der Waals surface area contributed by atoms with Crippen molar-refractivity contribution >= 4 is 11.6 Å². The Kier molecular flexibility index (Phi) is 4.62. The minimum atomic E-state index is -0.0975. The maximum absolute atomic E-state index is 12.3. The number of aromatic amines is 1. The van der Waals surface area contributed by atoms with Gasteiger partial charge in [-0.05, 0) is 37.6 Å². The lowest BCUT2D eigenvalue weighted by Crippen LogP contribution is -2.29. The zero-order valence-corrected chi connectivity index (χ0v) is 13.0. The molecular weight excluding hydrogens is 264 g/mol. The minimum Gasteiger partial charge on any atom is -0.378 e. The van der Waals surface area contributed by atoms with E-state index in [1.807, 2.05) is 57.1 Å². The summed E-state index contributed by atoms with van der Waals surface area (Å²) in [6.45, 7) is 3.98. The molecule has 112 valence electrons. The van der Waals surface area contributed by atoms with Crippen molar-refractivity contribution in [1.82, 2.24) is 15.3 Å². The van der Waals surface area contributed by atoms with Crippen LogP contribution >= 0.6 is 0 Å². The van der Waals surface area contributed by atoms with Gasteiger partial charge in [0.1, 0.15) is 5.82 Å². The Morgan fingerprint density at radius 2 is 2.00 bits per heavy atom. The zero-order chi connectivity index (χ0) is 15.4. The largest absolute Gasteiger partial charge is 0.378 e. The van der Waals surface area contributed by atoms with Crippen LogP contribution < -0.4 is 10.2 Å². The van der Waals surface area contributed by atoms with Crippen molar-refractivity contribution in [1.29, 1.82) is 0 Å². The summed E-state index contributed by atoms with van der Waals surface area (Å²) in [6.07, 6.45) is 2.56. The van der Waals surface area contributed by atoms with E-state index in [-0.39, 0.29) is 11.9 Å². The van der Waals surface area contributed by atoms with Crippen molar-refractivity contribution < 1.29 is 4.79 Å². The molecule has 2 aromatic rings. The second kappa shape index (κ2) is 6.43. The van der Waals surface area contributed by atoms with Crippen LogP contribution in [0.4, 0.5) is 5.69 Å². The topological polar surface area (TPSA) is 61.0 Å². The molecule has 0 saturated carbocycles. The normalized spacial score (nSPS) is 12.0. The van der Waals surface area contributed by atoms with Crippen LogP contribution in [0.25, 0.3) is 0 Å². The van der Waals surface area contributed by atoms with Gasteiger partial charge in [0.2, 0.25) is 0 Å². The molecule has 0 aliphatic carbocycles. The number of hydrogen-bond donors (Lipinski definition) is 2. The summed E-state index contributed by atoms with van der Waals surface area (Å²) in [5, 5.41) is 3.01. The lowest BCUT2D eigenvalue weighted by Gasteiger charge is -2.16. The van der Waals surface area contributed by atoms with Gasteiger partial charge in [0, 0.05) is 37.2 Å². The van der Waals surface area contributed by atoms with Crippen LogP contribution in [0.2, 0.25) is 0 Å². The van der Waals surface area contributed by atoms with Gasteiger partial charge in [0.15, 0.2) is 0 Å². The first-order chi connectivity index (χ1) is 10.0. The highest BCUT2D eigenvalue weighted by Gasteiger charge is 2.16. The van der Waals surface area contributed by atoms with Gasteiger partial charge >= 0.3 is 0 Å². The molecule has 1 amide bonds. The Labute approximate surface area is 125 Å². The smallest absolute Gasteiger partial charge is 0.251 e. The van der Waals surface area contributed by atoms with Gasteiger partial charge in [-0.25, -0.2) is 4.98 Å². The first-order valence-electron chi connectivity index (χ1n) is 7.11. The summed E-state index contributed by atoms with van der Waals surface area (Å²) in [4.78, 5) is 21.8. The molecule has 0 bridgehead atoms. The number of H-pyrrole nitrogens is 1. The van der Waals surface area contributed by atoms with E-state index >= 15 is 0 Å². The predicted octanol–water partition coefficient (Wildman–Crippen LogP) is 2.67. The number of rotatable bonds is 5. The quantitative estimate of drug-likeness (QED) is 0.888. The van der Waals surface area contributed by atoms with Crippen molar-refractivity contribution in [3.05, 3.63) is 47.5 Å². The van der Waals surface area contributed by atoms with E-state index in [4.69, 9.17) is 0 Å². The van der Waals surface area contributed by atoms with E-state index in [0.29, 0.717) is 5.56 Å². The van der Waals surface area contributed by atoms with Crippen molar-refractivity contribution in [2.75, 3.05) is 19.0 Å². The summed E-state index contributed by atoms with van der Waals surface area (Å²) in [5.41, 5.74) is 2.72. The number of aryl methyl sites for hydroxylation is 1. The molecule has 0 aliphatic heterocycles. The first kappa shape index (κ1) is 15.1. The molecule has 0 saturated heterocycles. The van der Waals surface area contributed by atoms with Gasteiger partial charge in [0.25, 0.3) is 5.91 Å². The maximum Gasteiger partial charge on any atom is 0.251 e. The number of aromatic nitrogens is 2. The molecule has 2 N–H and O–H groups in total. The number of carbonyl (C=O) groups excluding carboxylic acids is 1. The van der Waals surface area contributed by atoms with E-state index in [9.17, 15) is 4.79 Å². The number of benzene rings is 1. The fourth-order valence-electron chi connectivity index (χ4n) is 2.13. The molecule has 0 unspecified atom stereocenters. The van der Waals surface area contributed by atoms with Gasteiger partial charge in [0.05, 0.1) is 6.04 Å². The highest BCUT2D eigenvalue weighted by atomic mass is 16.1. The van der Waals surface area contributed by atoms with Crippen LogP contribution in [0.1, 0.15) is 41.3 Å². The number of hydrogen-bond acceptors (Lipinski definition) is 3. The Bertz CT molecular complexity index is 601. The number of amides is 1. The molecule has 5 nitrogen and oxygen atoms in total. The van der Waals surface area contributed by atoms with Crippen molar-refractivity contribution in [2.24, 2.45) is 0 Å². The molecule has 0 fully saturated rings. The number of carbonyl (C=O) groups is 1. The average Bonchev–Trinajstić information content (AvgIpc) is 2.91. The second-order valence-electron chi connectivity index (χ2n) is 5.33. The summed E-state index contributed by atoms with van der Waals surface area (Å²) in [5.74, 6) is 0.717. The molecule has 1 heterocycles. The minimum absolute atomic E-state index is 0.0822.